The van der Waals surface area contributed by atoms with Crippen LogP contribution in [-0.4, -0.2) is 20.6 Å². The minimum absolute atomic E-state index is 0.0609. The average Bonchev–Trinajstić information content (AvgIpc) is 2.89. The van der Waals surface area contributed by atoms with Crippen LogP contribution in [-0.2, 0) is 0 Å². The van der Waals surface area contributed by atoms with Crippen molar-refractivity contribution in [1.82, 2.24) is 9.78 Å². The third-order valence-electron chi connectivity index (χ3n) is 3.05. The maximum atomic E-state index is 12.4. The Morgan fingerprint density at radius 2 is 1.95 bits per heavy atom. The molecule has 1 heterocycles. The van der Waals surface area contributed by atoms with Gasteiger partial charge in [0.1, 0.15) is 0 Å². The molecule has 0 unspecified atom stereocenters. The Morgan fingerprint density at radius 3 is 2.62 bits per heavy atom. The highest BCUT2D eigenvalue weighted by molar-refractivity contribution is 9.10. The van der Waals surface area contributed by atoms with Gasteiger partial charge < -0.3 is 0 Å². The molecule has 104 valence electrons. The lowest BCUT2D eigenvalue weighted by atomic mass is 10.2. The van der Waals surface area contributed by atoms with E-state index >= 15 is 0 Å². The molecule has 0 saturated carbocycles. The minimum atomic E-state index is -0.486. The SMILES string of the molecule is O=C(c1ccccc1)n1ncc2cc([N+](=O)[O-])c(Br)cc21. The van der Waals surface area contributed by atoms with Gasteiger partial charge in [0.05, 0.1) is 21.1 Å². The zero-order valence-electron chi connectivity index (χ0n) is 10.6. The van der Waals surface area contributed by atoms with Crippen molar-refractivity contribution in [1.29, 1.82) is 0 Å². The number of benzene rings is 2. The Labute approximate surface area is 127 Å². The van der Waals surface area contributed by atoms with E-state index in [0.29, 0.717) is 20.9 Å². The van der Waals surface area contributed by atoms with Crippen molar-refractivity contribution in [3.63, 3.8) is 0 Å². The number of carbonyl (C=O) groups excluding carboxylic acids is 1. The van der Waals surface area contributed by atoms with Gasteiger partial charge in [0.15, 0.2) is 0 Å². The fraction of sp³-hybridized carbons (Fsp3) is 0. The number of nitro benzene ring substituents is 1. The van der Waals surface area contributed by atoms with Crippen LogP contribution in [0.25, 0.3) is 10.9 Å². The number of hydrogen-bond acceptors (Lipinski definition) is 4. The van der Waals surface area contributed by atoms with E-state index in [1.165, 1.54) is 23.0 Å². The topological polar surface area (TPSA) is 78.0 Å². The zero-order valence-corrected chi connectivity index (χ0v) is 12.1. The van der Waals surface area contributed by atoms with Crippen LogP contribution in [0, 0.1) is 10.1 Å². The molecule has 0 amide bonds. The second kappa shape index (κ2) is 5.10. The first-order valence-corrected chi connectivity index (χ1v) is 6.78. The lowest BCUT2D eigenvalue weighted by Gasteiger charge is -2.03. The summed E-state index contributed by atoms with van der Waals surface area (Å²) in [4.78, 5) is 22.8. The van der Waals surface area contributed by atoms with Crippen molar-refractivity contribution in [2.45, 2.75) is 0 Å². The van der Waals surface area contributed by atoms with Crippen LogP contribution >= 0.6 is 15.9 Å². The summed E-state index contributed by atoms with van der Waals surface area (Å²) in [5.41, 5.74) is 0.951. The Hall–Kier alpha value is -2.54. The van der Waals surface area contributed by atoms with Crippen molar-refractivity contribution in [3.05, 3.63) is 68.8 Å². The molecule has 0 fully saturated rings. The van der Waals surface area contributed by atoms with Gasteiger partial charge in [-0.25, -0.2) is 0 Å². The van der Waals surface area contributed by atoms with E-state index in [1.54, 1.807) is 24.3 Å². The zero-order chi connectivity index (χ0) is 15.0. The van der Waals surface area contributed by atoms with Gasteiger partial charge in [0.25, 0.3) is 11.6 Å². The Bertz CT molecular complexity index is 859. The summed E-state index contributed by atoms with van der Waals surface area (Å²) in [6, 6.07) is 11.6. The number of nitrogens with zero attached hydrogens (tertiary/aromatic N) is 3. The average molecular weight is 346 g/mol. The lowest BCUT2D eigenvalue weighted by molar-refractivity contribution is -0.385. The van der Waals surface area contributed by atoms with Gasteiger partial charge in [-0.05, 0) is 34.1 Å². The molecule has 2 aromatic carbocycles. The predicted octanol–water partition coefficient (Wildman–Crippen LogP) is 3.40. The molecule has 6 nitrogen and oxygen atoms in total. The highest BCUT2D eigenvalue weighted by Gasteiger charge is 2.18. The number of carbonyl (C=O) groups is 1. The van der Waals surface area contributed by atoms with E-state index in [0.717, 1.165) is 0 Å². The molecular formula is C14H8BrN3O3. The van der Waals surface area contributed by atoms with Crippen LogP contribution in [0.3, 0.4) is 0 Å². The van der Waals surface area contributed by atoms with E-state index in [2.05, 4.69) is 21.0 Å². The van der Waals surface area contributed by atoms with Gasteiger partial charge >= 0.3 is 0 Å². The van der Waals surface area contributed by atoms with Crippen LogP contribution < -0.4 is 0 Å². The van der Waals surface area contributed by atoms with Crippen molar-refractivity contribution < 1.29 is 9.72 Å². The molecule has 0 N–H and O–H groups in total. The molecule has 0 aliphatic carbocycles. The summed E-state index contributed by atoms with van der Waals surface area (Å²) < 4.78 is 1.54. The van der Waals surface area contributed by atoms with E-state index < -0.39 is 4.92 Å². The molecule has 0 aliphatic heterocycles. The molecule has 21 heavy (non-hydrogen) atoms. The molecule has 0 atom stereocenters. The quantitative estimate of drug-likeness (QED) is 0.526. The minimum Gasteiger partial charge on any atom is -0.267 e. The molecule has 1 aromatic heterocycles. The molecule has 0 radical (unpaired) electrons. The van der Waals surface area contributed by atoms with Gasteiger partial charge in [-0.3, -0.25) is 14.9 Å². The number of fused-ring (bicyclic) bond motifs is 1. The smallest absolute Gasteiger partial charge is 0.267 e. The normalized spacial score (nSPS) is 10.7. The van der Waals surface area contributed by atoms with Gasteiger partial charge in [-0.15, -0.1) is 0 Å². The number of hydrogen-bond donors (Lipinski definition) is 0. The highest BCUT2D eigenvalue weighted by atomic mass is 79.9. The first-order chi connectivity index (χ1) is 10.1. The van der Waals surface area contributed by atoms with E-state index in [9.17, 15) is 14.9 Å². The maximum absolute atomic E-state index is 12.4. The van der Waals surface area contributed by atoms with Gasteiger partial charge in [-0.2, -0.15) is 9.78 Å². The Morgan fingerprint density at radius 1 is 1.24 bits per heavy atom. The third-order valence-corrected chi connectivity index (χ3v) is 3.68. The fourth-order valence-corrected chi connectivity index (χ4v) is 2.52. The van der Waals surface area contributed by atoms with Gasteiger partial charge in [-0.1, -0.05) is 18.2 Å². The second-order valence-corrected chi connectivity index (χ2v) is 5.20. The van der Waals surface area contributed by atoms with Gasteiger partial charge in [0, 0.05) is 17.0 Å². The Kier molecular flexibility index (Phi) is 3.26. The number of aromatic nitrogens is 2. The summed E-state index contributed by atoms with van der Waals surface area (Å²) in [6.45, 7) is 0. The van der Waals surface area contributed by atoms with Crippen molar-refractivity contribution in [3.8, 4) is 0 Å². The molecule has 3 rings (SSSR count). The number of nitro groups is 1. The molecular weight excluding hydrogens is 338 g/mol. The summed E-state index contributed by atoms with van der Waals surface area (Å²) in [7, 11) is 0. The molecule has 7 heteroatoms. The molecule has 0 spiro atoms. The van der Waals surface area contributed by atoms with Crippen LogP contribution in [0.15, 0.2) is 53.1 Å². The highest BCUT2D eigenvalue weighted by Crippen LogP contribution is 2.30. The van der Waals surface area contributed by atoms with Crippen LogP contribution in [0.4, 0.5) is 5.69 Å². The van der Waals surface area contributed by atoms with E-state index in [4.69, 9.17) is 0 Å². The van der Waals surface area contributed by atoms with Gasteiger partial charge in [0.2, 0.25) is 0 Å². The predicted molar refractivity (Wildman–Crippen MR) is 80.3 cm³/mol. The standard InChI is InChI=1S/C14H8BrN3O3/c15-11-7-12-10(6-13(11)18(20)21)8-16-17(12)14(19)9-4-2-1-3-5-9/h1-8H. The monoisotopic (exact) mass is 345 g/mol. The molecule has 0 saturated heterocycles. The first kappa shape index (κ1) is 13.4. The van der Waals surface area contributed by atoms with Crippen LogP contribution in [0.1, 0.15) is 10.4 Å². The van der Waals surface area contributed by atoms with Crippen molar-refractivity contribution >= 4 is 38.4 Å². The largest absolute Gasteiger partial charge is 0.284 e. The molecule has 3 aromatic rings. The van der Waals surface area contributed by atoms with Crippen molar-refractivity contribution in [2.75, 3.05) is 0 Å². The van der Waals surface area contributed by atoms with Crippen LogP contribution in [0.2, 0.25) is 0 Å². The van der Waals surface area contributed by atoms with E-state index in [1.807, 2.05) is 6.07 Å². The summed E-state index contributed by atoms with van der Waals surface area (Å²) in [5, 5.41) is 15.5. The Balaban J connectivity index is 2.15. The summed E-state index contributed by atoms with van der Waals surface area (Å²) >= 11 is 3.15. The molecule has 0 bridgehead atoms. The first-order valence-electron chi connectivity index (χ1n) is 5.99. The van der Waals surface area contributed by atoms with E-state index in [-0.39, 0.29) is 11.6 Å². The fourth-order valence-electron chi connectivity index (χ4n) is 2.04. The number of rotatable bonds is 2. The summed E-state index contributed by atoms with van der Waals surface area (Å²) in [5.74, 6) is -0.286. The second-order valence-electron chi connectivity index (χ2n) is 4.35. The third kappa shape index (κ3) is 2.31. The van der Waals surface area contributed by atoms with Crippen LogP contribution in [0.5, 0.6) is 0 Å². The lowest BCUT2D eigenvalue weighted by Crippen LogP contribution is -2.13. The summed E-state index contributed by atoms with van der Waals surface area (Å²) in [6.07, 6.45) is 1.44. The van der Waals surface area contributed by atoms with Crippen molar-refractivity contribution in [2.24, 2.45) is 0 Å². The number of halogens is 1. The molecule has 0 aliphatic rings. The maximum Gasteiger partial charge on any atom is 0.284 e.